The molecule has 0 saturated carbocycles. The van der Waals surface area contributed by atoms with Crippen LogP contribution in [0.5, 0.6) is 11.5 Å². The second-order valence-corrected chi connectivity index (χ2v) is 8.78. The van der Waals surface area contributed by atoms with Gasteiger partial charge in [0.25, 0.3) is 5.91 Å². The van der Waals surface area contributed by atoms with Crippen LogP contribution in [-0.4, -0.2) is 42.4 Å². The molecule has 1 aliphatic rings. The number of piperidine rings is 1. The molecule has 0 atom stereocenters. The van der Waals surface area contributed by atoms with Gasteiger partial charge in [-0.05, 0) is 49.1 Å². The van der Waals surface area contributed by atoms with Gasteiger partial charge < -0.3 is 28.8 Å². The fourth-order valence-electron chi connectivity index (χ4n) is 4.39. The summed E-state index contributed by atoms with van der Waals surface area (Å²) >= 11 is 0. The summed E-state index contributed by atoms with van der Waals surface area (Å²) in [4.78, 5) is 40.3. The number of methoxy groups -OCH3 is 2. The van der Waals surface area contributed by atoms with Crippen molar-refractivity contribution < 1.29 is 14.3 Å². The quantitative estimate of drug-likeness (QED) is 0.581. The molecule has 0 unspecified atom stereocenters. The number of carbonyl (C=O) groups excluding carboxylic acids is 1. The van der Waals surface area contributed by atoms with E-state index in [1.54, 1.807) is 38.4 Å². The Morgan fingerprint density at radius 1 is 0.912 bits per heavy atom. The van der Waals surface area contributed by atoms with Gasteiger partial charge in [0.2, 0.25) is 0 Å². The number of hydrogen-bond donors (Lipinski definition) is 1. The van der Waals surface area contributed by atoms with E-state index in [0.717, 1.165) is 31.6 Å². The Balaban J connectivity index is 1.83. The van der Waals surface area contributed by atoms with Gasteiger partial charge in [-0.3, -0.25) is 14.4 Å². The molecule has 34 heavy (non-hydrogen) atoms. The standard InChI is InChI=1S/C25H30N4O5/c1-15-8-10-29(11-9-15)18-14-20-19(27(2)24(31)25(32)28(20)3)13-17(18)26-23(30)16-6-7-21(33-4)22(12-16)34-5/h6-7,12-15H,8-11H2,1-5H3,(H,26,30). The molecule has 9 nitrogen and oxygen atoms in total. The summed E-state index contributed by atoms with van der Waals surface area (Å²) in [6.07, 6.45) is 2.07. The summed E-state index contributed by atoms with van der Waals surface area (Å²) in [5.41, 5.74) is 1.79. The van der Waals surface area contributed by atoms with E-state index in [2.05, 4.69) is 17.1 Å². The SMILES string of the molecule is COc1ccc(C(=O)Nc2cc3c(cc2N2CCC(C)CC2)n(C)c(=O)c(=O)n3C)cc1OC. The van der Waals surface area contributed by atoms with Crippen LogP contribution < -0.4 is 30.8 Å². The molecule has 0 aliphatic carbocycles. The fraction of sp³-hybridized carbons (Fsp3) is 0.400. The lowest BCUT2D eigenvalue weighted by molar-refractivity contribution is 0.102. The average molecular weight is 467 g/mol. The van der Waals surface area contributed by atoms with Gasteiger partial charge >= 0.3 is 11.1 Å². The van der Waals surface area contributed by atoms with Crippen molar-refractivity contribution in [1.82, 2.24) is 9.13 Å². The molecule has 1 aromatic heterocycles. The van der Waals surface area contributed by atoms with Crippen LogP contribution in [0.25, 0.3) is 11.0 Å². The van der Waals surface area contributed by atoms with Crippen molar-refractivity contribution in [3.63, 3.8) is 0 Å². The number of carbonyl (C=O) groups is 1. The average Bonchev–Trinajstić information content (AvgIpc) is 2.86. The number of fused-ring (bicyclic) bond motifs is 1. The van der Waals surface area contributed by atoms with E-state index in [1.807, 2.05) is 6.07 Å². The zero-order valence-electron chi connectivity index (χ0n) is 20.2. The van der Waals surface area contributed by atoms with Crippen molar-refractivity contribution in [3.05, 3.63) is 56.6 Å². The number of amides is 1. The first-order valence-corrected chi connectivity index (χ1v) is 11.3. The van der Waals surface area contributed by atoms with Crippen LogP contribution in [-0.2, 0) is 14.1 Å². The Hall–Kier alpha value is -3.75. The third-order valence-electron chi connectivity index (χ3n) is 6.63. The molecule has 3 aromatic rings. The minimum Gasteiger partial charge on any atom is -0.493 e. The van der Waals surface area contributed by atoms with E-state index in [1.165, 1.54) is 23.4 Å². The van der Waals surface area contributed by atoms with Crippen LogP contribution >= 0.6 is 0 Å². The Morgan fingerprint density at radius 3 is 2.09 bits per heavy atom. The van der Waals surface area contributed by atoms with Crippen molar-refractivity contribution in [2.45, 2.75) is 19.8 Å². The molecule has 1 N–H and O–H groups in total. The maximum absolute atomic E-state index is 13.2. The number of nitrogens with zero attached hydrogens (tertiary/aromatic N) is 3. The summed E-state index contributed by atoms with van der Waals surface area (Å²) in [6.45, 7) is 3.91. The molecule has 1 amide bonds. The van der Waals surface area contributed by atoms with Crippen molar-refractivity contribution in [3.8, 4) is 11.5 Å². The fourth-order valence-corrected chi connectivity index (χ4v) is 4.39. The molecule has 1 fully saturated rings. The second kappa shape index (κ2) is 9.24. The molecule has 180 valence electrons. The largest absolute Gasteiger partial charge is 0.493 e. The summed E-state index contributed by atoms with van der Waals surface area (Å²) < 4.78 is 13.3. The summed E-state index contributed by atoms with van der Waals surface area (Å²) in [5.74, 6) is 1.30. The van der Waals surface area contributed by atoms with Gasteiger partial charge in [-0.2, -0.15) is 0 Å². The Kier molecular flexibility index (Phi) is 6.37. The number of ether oxygens (including phenoxy) is 2. The molecule has 9 heteroatoms. The van der Waals surface area contributed by atoms with Crippen LogP contribution in [0.4, 0.5) is 11.4 Å². The summed E-state index contributed by atoms with van der Waals surface area (Å²) in [6, 6.07) is 8.62. The number of nitrogens with one attached hydrogen (secondary N) is 1. The first kappa shape index (κ1) is 23.4. The number of aromatic nitrogens is 2. The van der Waals surface area contributed by atoms with E-state index >= 15 is 0 Å². The lowest BCUT2D eigenvalue weighted by atomic mass is 9.98. The minimum atomic E-state index is -0.619. The zero-order chi connectivity index (χ0) is 24.6. The maximum atomic E-state index is 13.2. The lowest BCUT2D eigenvalue weighted by Gasteiger charge is -2.34. The van der Waals surface area contributed by atoms with E-state index in [-0.39, 0.29) is 5.91 Å². The monoisotopic (exact) mass is 466 g/mol. The highest BCUT2D eigenvalue weighted by Crippen LogP contribution is 2.34. The van der Waals surface area contributed by atoms with Gasteiger partial charge in [0.15, 0.2) is 11.5 Å². The number of benzene rings is 2. The van der Waals surface area contributed by atoms with Gasteiger partial charge in [-0.1, -0.05) is 6.92 Å². The van der Waals surface area contributed by atoms with Gasteiger partial charge in [0, 0.05) is 32.7 Å². The number of rotatable bonds is 5. The molecule has 2 aromatic carbocycles. The van der Waals surface area contributed by atoms with Gasteiger partial charge in [0.05, 0.1) is 36.6 Å². The molecule has 2 heterocycles. The van der Waals surface area contributed by atoms with Crippen molar-refractivity contribution in [2.24, 2.45) is 20.0 Å². The first-order valence-electron chi connectivity index (χ1n) is 11.3. The second-order valence-electron chi connectivity index (χ2n) is 8.78. The lowest BCUT2D eigenvalue weighted by Crippen LogP contribution is -2.39. The highest BCUT2D eigenvalue weighted by atomic mass is 16.5. The topological polar surface area (TPSA) is 94.8 Å². The summed E-state index contributed by atoms with van der Waals surface area (Å²) in [7, 11) is 6.21. The van der Waals surface area contributed by atoms with Crippen LogP contribution in [0.3, 0.4) is 0 Å². The molecule has 4 rings (SSSR count). The normalized spacial score (nSPS) is 14.3. The number of anilines is 2. The van der Waals surface area contributed by atoms with Crippen LogP contribution in [0.15, 0.2) is 39.9 Å². The zero-order valence-corrected chi connectivity index (χ0v) is 20.2. The molecule has 0 bridgehead atoms. The van der Waals surface area contributed by atoms with E-state index in [0.29, 0.717) is 39.7 Å². The number of aryl methyl sites for hydroxylation is 2. The van der Waals surface area contributed by atoms with E-state index < -0.39 is 11.1 Å². The van der Waals surface area contributed by atoms with E-state index in [9.17, 15) is 14.4 Å². The molecule has 1 aliphatic heterocycles. The highest BCUT2D eigenvalue weighted by Gasteiger charge is 2.22. The minimum absolute atomic E-state index is 0.318. The highest BCUT2D eigenvalue weighted by molar-refractivity contribution is 6.07. The Bertz CT molecular complexity index is 1370. The predicted molar refractivity (Wildman–Crippen MR) is 133 cm³/mol. The van der Waals surface area contributed by atoms with Crippen molar-refractivity contribution in [1.29, 1.82) is 0 Å². The van der Waals surface area contributed by atoms with Crippen LogP contribution in [0.1, 0.15) is 30.1 Å². The molecule has 0 radical (unpaired) electrons. The molecular formula is C25H30N4O5. The first-order chi connectivity index (χ1) is 16.2. The molecular weight excluding hydrogens is 436 g/mol. The maximum Gasteiger partial charge on any atom is 0.316 e. The van der Waals surface area contributed by atoms with Gasteiger partial charge in [-0.25, -0.2) is 0 Å². The third-order valence-corrected chi connectivity index (χ3v) is 6.63. The van der Waals surface area contributed by atoms with Crippen LogP contribution in [0.2, 0.25) is 0 Å². The van der Waals surface area contributed by atoms with Crippen molar-refractivity contribution >= 4 is 28.3 Å². The Labute approximate surface area is 197 Å². The Morgan fingerprint density at radius 2 is 1.50 bits per heavy atom. The van der Waals surface area contributed by atoms with E-state index in [4.69, 9.17) is 9.47 Å². The predicted octanol–water partition coefficient (Wildman–Crippen LogP) is 2.74. The molecule has 1 saturated heterocycles. The van der Waals surface area contributed by atoms with Crippen LogP contribution in [0, 0.1) is 5.92 Å². The smallest absolute Gasteiger partial charge is 0.316 e. The number of hydrogen-bond acceptors (Lipinski definition) is 6. The third kappa shape index (κ3) is 4.13. The summed E-state index contributed by atoms with van der Waals surface area (Å²) in [5, 5.41) is 3.02. The van der Waals surface area contributed by atoms with Crippen molar-refractivity contribution in [2.75, 3.05) is 37.5 Å². The molecule has 0 spiro atoms. The van der Waals surface area contributed by atoms with Gasteiger partial charge in [-0.15, -0.1) is 0 Å². The van der Waals surface area contributed by atoms with Gasteiger partial charge in [0.1, 0.15) is 0 Å².